The van der Waals surface area contributed by atoms with E-state index in [-0.39, 0.29) is 6.10 Å². The number of nitrogens with two attached hydrogens (primary N) is 1. The Labute approximate surface area is 98.8 Å². The molecule has 3 heteroatoms. The van der Waals surface area contributed by atoms with Crippen molar-refractivity contribution in [2.24, 2.45) is 11.7 Å². The van der Waals surface area contributed by atoms with E-state index in [0.717, 1.165) is 19.4 Å². The lowest BCUT2D eigenvalue weighted by molar-refractivity contribution is 0.0671. The fourth-order valence-corrected chi connectivity index (χ4v) is 3.16. The number of rotatable bonds is 3. The van der Waals surface area contributed by atoms with Crippen molar-refractivity contribution in [3.8, 4) is 0 Å². The smallest absolute Gasteiger partial charge is 0.0580 e. The van der Waals surface area contributed by atoms with Crippen LogP contribution in [-0.4, -0.2) is 29.8 Å². The second-order valence-electron chi connectivity index (χ2n) is 5.64. The second-order valence-corrected chi connectivity index (χ2v) is 5.64. The summed E-state index contributed by atoms with van der Waals surface area (Å²) in [5.41, 5.74) is 5.97. The van der Waals surface area contributed by atoms with E-state index in [1.807, 2.05) is 0 Å². The SMILES string of the molecule is NC1CCCC(NCC2CCCCC2O)C1. The normalized spacial score (nSPS) is 40.9. The number of hydrogen-bond donors (Lipinski definition) is 3. The van der Waals surface area contributed by atoms with E-state index >= 15 is 0 Å². The summed E-state index contributed by atoms with van der Waals surface area (Å²) in [4.78, 5) is 0. The van der Waals surface area contributed by atoms with Crippen LogP contribution in [0.1, 0.15) is 51.4 Å². The summed E-state index contributed by atoms with van der Waals surface area (Å²) in [5, 5.41) is 13.5. The van der Waals surface area contributed by atoms with E-state index in [1.165, 1.54) is 38.5 Å². The summed E-state index contributed by atoms with van der Waals surface area (Å²) in [7, 11) is 0. The van der Waals surface area contributed by atoms with E-state index < -0.39 is 0 Å². The highest BCUT2D eigenvalue weighted by Gasteiger charge is 2.25. The zero-order chi connectivity index (χ0) is 11.4. The summed E-state index contributed by atoms with van der Waals surface area (Å²) in [5.74, 6) is 0.479. The quantitative estimate of drug-likeness (QED) is 0.682. The first-order chi connectivity index (χ1) is 7.75. The van der Waals surface area contributed by atoms with E-state index in [2.05, 4.69) is 5.32 Å². The first kappa shape index (κ1) is 12.3. The monoisotopic (exact) mass is 226 g/mol. The van der Waals surface area contributed by atoms with Crippen LogP contribution in [0.15, 0.2) is 0 Å². The van der Waals surface area contributed by atoms with Gasteiger partial charge < -0.3 is 16.2 Å². The molecule has 2 aliphatic rings. The largest absolute Gasteiger partial charge is 0.393 e. The fraction of sp³-hybridized carbons (Fsp3) is 1.00. The number of nitrogens with one attached hydrogen (secondary N) is 1. The maximum atomic E-state index is 9.89. The molecule has 0 saturated heterocycles. The van der Waals surface area contributed by atoms with Crippen molar-refractivity contribution in [1.82, 2.24) is 5.32 Å². The maximum absolute atomic E-state index is 9.89. The standard InChI is InChI=1S/C13H26N2O/c14-11-5-3-6-12(8-11)15-9-10-4-1-2-7-13(10)16/h10-13,15-16H,1-9,14H2. The van der Waals surface area contributed by atoms with Gasteiger partial charge in [-0.25, -0.2) is 0 Å². The molecule has 0 heterocycles. The molecule has 4 unspecified atom stereocenters. The van der Waals surface area contributed by atoms with Gasteiger partial charge in [-0.05, 0) is 38.0 Å². The Morgan fingerprint density at radius 2 is 1.88 bits per heavy atom. The lowest BCUT2D eigenvalue weighted by atomic mass is 9.85. The summed E-state index contributed by atoms with van der Waals surface area (Å²) >= 11 is 0. The molecular weight excluding hydrogens is 200 g/mol. The van der Waals surface area contributed by atoms with E-state index in [0.29, 0.717) is 18.0 Å². The minimum Gasteiger partial charge on any atom is -0.393 e. The van der Waals surface area contributed by atoms with E-state index in [1.54, 1.807) is 0 Å². The van der Waals surface area contributed by atoms with Crippen LogP contribution in [0.4, 0.5) is 0 Å². The molecule has 94 valence electrons. The van der Waals surface area contributed by atoms with Gasteiger partial charge >= 0.3 is 0 Å². The summed E-state index contributed by atoms with van der Waals surface area (Å²) in [6.45, 7) is 0.985. The van der Waals surface area contributed by atoms with Crippen molar-refractivity contribution < 1.29 is 5.11 Å². The van der Waals surface area contributed by atoms with Gasteiger partial charge in [0.1, 0.15) is 0 Å². The van der Waals surface area contributed by atoms with Crippen molar-refractivity contribution >= 4 is 0 Å². The van der Waals surface area contributed by atoms with Crippen LogP contribution in [0.25, 0.3) is 0 Å². The molecule has 0 aliphatic heterocycles. The fourth-order valence-electron chi connectivity index (χ4n) is 3.16. The van der Waals surface area contributed by atoms with Gasteiger partial charge in [0.2, 0.25) is 0 Å². The zero-order valence-electron chi connectivity index (χ0n) is 10.2. The molecule has 4 N–H and O–H groups in total. The van der Waals surface area contributed by atoms with Crippen molar-refractivity contribution in [3.63, 3.8) is 0 Å². The lowest BCUT2D eigenvalue weighted by Crippen LogP contribution is -2.43. The summed E-state index contributed by atoms with van der Waals surface area (Å²) in [6.07, 6.45) is 9.41. The van der Waals surface area contributed by atoms with Crippen LogP contribution in [0.2, 0.25) is 0 Å². The van der Waals surface area contributed by atoms with Crippen molar-refractivity contribution in [3.05, 3.63) is 0 Å². The molecular formula is C13H26N2O. The minimum absolute atomic E-state index is 0.0708. The van der Waals surface area contributed by atoms with Gasteiger partial charge in [0.25, 0.3) is 0 Å². The van der Waals surface area contributed by atoms with Crippen molar-refractivity contribution in [2.45, 2.75) is 69.6 Å². The van der Waals surface area contributed by atoms with Crippen LogP contribution in [0.5, 0.6) is 0 Å². The molecule has 0 amide bonds. The molecule has 4 atom stereocenters. The van der Waals surface area contributed by atoms with E-state index in [9.17, 15) is 5.11 Å². The Morgan fingerprint density at radius 1 is 1.06 bits per heavy atom. The van der Waals surface area contributed by atoms with Gasteiger partial charge in [-0.15, -0.1) is 0 Å². The van der Waals surface area contributed by atoms with Gasteiger partial charge in [0.05, 0.1) is 6.10 Å². The molecule has 0 aromatic rings. The zero-order valence-corrected chi connectivity index (χ0v) is 10.2. The molecule has 0 bridgehead atoms. The molecule has 2 rings (SSSR count). The van der Waals surface area contributed by atoms with Gasteiger partial charge in [0, 0.05) is 18.6 Å². The minimum atomic E-state index is -0.0708. The first-order valence-electron chi connectivity index (χ1n) is 6.92. The van der Waals surface area contributed by atoms with Crippen LogP contribution < -0.4 is 11.1 Å². The first-order valence-corrected chi connectivity index (χ1v) is 6.92. The van der Waals surface area contributed by atoms with Gasteiger partial charge in [-0.3, -0.25) is 0 Å². The molecule has 0 spiro atoms. The molecule has 16 heavy (non-hydrogen) atoms. The van der Waals surface area contributed by atoms with Crippen LogP contribution in [0, 0.1) is 5.92 Å². The van der Waals surface area contributed by atoms with Gasteiger partial charge in [-0.1, -0.05) is 19.3 Å². The lowest BCUT2D eigenvalue weighted by Gasteiger charge is -2.32. The average molecular weight is 226 g/mol. The average Bonchev–Trinajstić information content (AvgIpc) is 2.28. The highest BCUT2D eigenvalue weighted by atomic mass is 16.3. The number of aliphatic hydroxyl groups excluding tert-OH is 1. The molecule has 2 saturated carbocycles. The van der Waals surface area contributed by atoms with Crippen LogP contribution in [0.3, 0.4) is 0 Å². The van der Waals surface area contributed by atoms with Gasteiger partial charge in [-0.2, -0.15) is 0 Å². The molecule has 0 radical (unpaired) electrons. The Kier molecular flexibility index (Phi) is 4.62. The van der Waals surface area contributed by atoms with Crippen molar-refractivity contribution in [1.29, 1.82) is 0 Å². The Bertz CT molecular complexity index is 210. The Hall–Kier alpha value is -0.120. The maximum Gasteiger partial charge on any atom is 0.0580 e. The molecule has 0 aromatic heterocycles. The summed E-state index contributed by atoms with van der Waals surface area (Å²) in [6, 6.07) is 0.986. The van der Waals surface area contributed by atoms with Crippen molar-refractivity contribution in [2.75, 3.05) is 6.54 Å². The predicted molar refractivity (Wildman–Crippen MR) is 66.2 cm³/mol. The Morgan fingerprint density at radius 3 is 2.62 bits per heavy atom. The Balaban J connectivity index is 1.69. The molecule has 2 fully saturated rings. The number of hydrogen-bond acceptors (Lipinski definition) is 3. The number of aliphatic hydroxyl groups is 1. The van der Waals surface area contributed by atoms with Gasteiger partial charge in [0.15, 0.2) is 0 Å². The molecule has 2 aliphatic carbocycles. The highest BCUT2D eigenvalue weighted by molar-refractivity contribution is 4.82. The third-order valence-electron chi connectivity index (χ3n) is 4.25. The topological polar surface area (TPSA) is 58.3 Å². The van der Waals surface area contributed by atoms with Crippen LogP contribution >= 0.6 is 0 Å². The molecule has 3 nitrogen and oxygen atoms in total. The third-order valence-corrected chi connectivity index (χ3v) is 4.25. The highest BCUT2D eigenvalue weighted by Crippen LogP contribution is 2.24. The predicted octanol–water partition coefficient (Wildman–Crippen LogP) is 1.40. The third kappa shape index (κ3) is 3.44. The van der Waals surface area contributed by atoms with E-state index in [4.69, 9.17) is 5.73 Å². The molecule has 0 aromatic carbocycles. The van der Waals surface area contributed by atoms with Crippen LogP contribution in [-0.2, 0) is 0 Å². The second kappa shape index (κ2) is 5.99. The summed E-state index contributed by atoms with van der Waals surface area (Å²) < 4.78 is 0.